The van der Waals surface area contributed by atoms with Gasteiger partial charge < -0.3 is 0 Å². The molecule has 0 aliphatic carbocycles. The summed E-state index contributed by atoms with van der Waals surface area (Å²) in [6, 6.07) is 0. The largest absolute Gasteiger partial charge is 0.294 e. The fourth-order valence-electron chi connectivity index (χ4n) is 1.70. The van der Waals surface area contributed by atoms with Crippen molar-refractivity contribution in [3.63, 3.8) is 0 Å². The molecule has 6 nitrogen and oxygen atoms in total. The molecule has 7 heteroatoms. The van der Waals surface area contributed by atoms with Gasteiger partial charge >= 0.3 is 0 Å². The highest BCUT2D eigenvalue weighted by molar-refractivity contribution is 7.89. The number of carbonyl (C=O) groups excluding carboxylic acids is 1. The summed E-state index contributed by atoms with van der Waals surface area (Å²) in [7, 11) is -3.11. The first-order valence-corrected chi connectivity index (χ1v) is 6.60. The highest BCUT2D eigenvalue weighted by Crippen LogP contribution is 2.19. The minimum atomic E-state index is -3.11. The number of hydrazine groups is 1. The van der Waals surface area contributed by atoms with Crippen molar-refractivity contribution in [2.75, 3.05) is 18.8 Å². The molecular weight excluding hydrogens is 218 g/mol. The molecule has 1 heterocycles. The fraction of sp³-hybridized carbons (Fsp3) is 0.875. The zero-order valence-corrected chi connectivity index (χ0v) is 9.59. The number of carbonyl (C=O) groups is 1. The molecule has 1 aliphatic heterocycles. The second-order valence-corrected chi connectivity index (χ2v) is 5.84. The molecule has 0 aromatic heterocycles. The smallest absolute Gasteiger partial charge is 0.237 e. The zero-order chi connectivity index (χ0) is 11.5. The maximum atomic E-state index is 11.5. The van der Waals surface area contributed by atoms with Crippen LogP contribution < -0.4 is 11.3 Å². The molecule has 1 aliphatic rings. The average Bonchev–Trinajstić information content (AvgIpc) is 2.28. The van der Waals surface area contributed by atoms with E-state index in [0.717, 1.165) is 0 Å². The number of piperidine rings is 1. The summed E-state index contributed by atoms with van der Waals surface area (Å²) in [5.74, 6) is 4.77. The Morgan fingerprint density at radius 3 is 2.40 bits per heavy atom. The highest BCUT2D eigenvalue weighted by Gasteiger charge is 2.29. The Labute approximate surface area is 89.8 Å². The van der Waals surface area contributed by atoms with Gasteiger partial charge in [-0.2, -0.15) is 0 Å². The molecule has 1 fully saturated rings. The van der Waals surface area contributed by atoms with E-state index in [9.17, 15) is 13.2 Å². The van der Waals surface area contributed by atoms with E-state index in [4.69, 9.17) is 5.84 Å². The number of hydrogen-bond acceptors (Lipinski definition) is 4. The number of sulfonamides is 1. The minimum absolute atomic E-state index is 0.112. The summed E-state index contributed by atoms with van der Waals surface area (Å²) in [5, 5.41) is 0. The van der Waals surface area contributed by atoms with Crippen molar-refractivity contribution >= 4 is 15.9 Å². The lowest BCUT2D eigenvalue weighted by Gasteiger charge is -2.29. The molecule has 0 aromatic rings. The molecule has 0 aromatic carbocycles. The first kappa shape index (κ1) is 12.4. The van der Waals surface area contributed by atoms with Crippen LogP contribution >= 0.6 is 0 Å². The molecule has 0 atom stereocenters. The van der Waals surface area contributed by atoms with Gasteiger partial charge in [0.1, 0.15) is 0 Å². The summed E-state index contributed by atoms with van der Waals surface area (Å²) < 4.78 is 24.4. The summed E-state index contributed by atoms with van der Waals surface area (Å²) in [6.45, 7) is 2.44. The SMILES string of the molecule is CCS(=O)(=O)N1CCC(C(=O)NN)CC1. The quantitative estimate of drug-likeness (QED) is 0.374. The summed E-state index contributed by atoms with van der Waals surface area (Å²) >= 11 is 0. The summed E-state index contributed by atoms with van der Waals surface area (Å²) in [4.78, 5) is 11.2. The van der Waals surface area contributed by atoms with Gasteiger partial charge in [-0.05, 0) is 19.8 Å². The molecule has 0 spiro atoms. The van der Waals surface area contributed by atoms with Crippen LogP contribution in [-0.2, 0) is 14.8 Å². The van der Waals surface area contributed by atoms with Crippen LogP contribution in [0.2, 0.25) is 0 Å². The predicted molar refractivity (Wildman–Crippen MR) is 56.1 cm³/mol. The van der Waals surface area contributed by atoms with E-state index in [1.54, 1.807) is 6.92 Å². The molecule has 3 N–H and O–H groups in total. The zero-order valence-electron chi connectivity index (χ0n) is 8.77. The lowest BCUT2D eigenvalue weighted by atomic mass is 9.98. The molecule has 1 rings (SSSR count). The van der Waals surface area contributed by atoms with Crippen molar-refractivity contribution in [1.29, 1.82) is 0 Å². The third-order valence-corrected chi connectivity index (χ3v) is 4.61. The molecule has 0 saturated carbocycles. The van der Waals surface area contributed by atoms with Crippen LogP contribution in [0.15, 0.2) is 0 Å². The normalized spacial score (nSPS) is 20.1. The maximum absolute atomic E-state index is 11.5. The second-order valence-electron chi connectivity index (χ2n) is 3.58. The molecule has 15 heavy (non-hydrogen) atoms. The van der Waals surface area contributed by atoms with Gasteiger partial charge in [0.25, 0.3) is 0 Å². The van der Waals surface area contributed by atoms with Crippen molar-refractivity contribution in [2.24, 2.45) is 11.8 Å². The molecule has 0 radical (unpaired) electrons. The van der Waals surface area contributed by atoms with Gasteiger partial charge in [-0.15, -0.1) is 0 Å². The van der Waals surface area contributed by atoms with Crippen molar-refractivity contribution in [1.82, 2.24) is 9.73 Å². The fourth-order valence-corrected chi connectivity index (χ4v) is 2.83. The topological polar surface area (TPSA) is 92.5 Å². The van der Waals surface area contributed by atoms with Gasteiger partial charge in [-0.25, -0.2) is 18.6 Å². The number of hydrogen-bond donors (Lipinski definition) is 2. The number of nitrogens with two attached hydrogens (primary N) is 1. The van der Waals surface area contributed by atoms with Gasteiger partial charge in [0.05, 0.1) is 5.75 Å². The number of rotatable bonds is 3. The van der Waals surface area contributed by atoms with Crippen LogP contribution in [0.1, 0.15) is 19.8 Å². The lowest BCUT2D eigenvalue weighted by Crippen LogP contribution is -2.44. The Bertz CT molecular complexity index is 320. The van der Waals surface area contributed by atoms with E-state index in [0.29, 0.717) is 25.9 Å². The number of nitrogens with one attached hydrogen (secondary N) is 1. The van der Waals surface area contributed by atoms with Gasteiger partial charge in [-0.3, -0.25) is 10.2 Å². The van der Waals surface area contributed by atoms with Crippen LogP contribution in [0, 0.1) is 5.92 Å². The van der Waals surface area contributed by atoms with Crippen molar-refractivity contribution in [3.05, 3.63) is 0 Å². The summed E-state index contributed by atoms with van der Waals surface area (Å²) in [6.07, 6.45) is 1.09. The predicted octanol–water partition coefficient (Wildman–Crippen LogP) is -0.962. The van der Waals surface area contributed by atoms with E-state index < -0.39 is 10.0 Å². The Morgan fingerprint density at radius 2 is 2.00 bits per heavy atom. The molecule has 1 saturated heterocycles. The van der Waals surface area contributed by atoms with Crippen LogP contribution in [0.3, 0.4) is 0 Å². The Hall–Kier alpha value is -0.660. The van der Waals surface area contributed by atoms with Gasteiger partial charge in [0, 0.05) is 19.0 Å². The lowest BCUT2D eigenvalue weighted by molar-refractivity contribution is -0.126. The first-order valence-electron chi connectivity index (χ1n) is 4.99. The minimum Gasteiger partial charge on any atom is -0.294 e. The Kier molecular flexibility index (Phi) is 4.06. The van der Waals surface area contributed by atoms with Crippen molar-refractivity contribution in [2.45, 2.75) is 19.8 Å². The van der Waals surface area contributed by atoms with E-state index in [-0.39, 0.29) is 17.6 Å². The Morgan fingerprint density at radius 1 is 1.47 bits per heavy atom. The molecule has 1 amide bonds. The highest BCUT2D eigenvalue weighted by atomic mass is 32.2. The summed E-state index contributed by atoms with van der Waals surface area (Å²) in [5.41, 5.74) is 2.10. The first-order chi connectivity index (χ1) is 7.01. The third-order valence-electron chi connectivity index (χ3n) is 2.73. The molecule has 0 unspecified atom stereocenters. The van der Waals surface area contributed by atoms with Gasteiger partial charge in [0.15, 0.2) is 0 Å². The van der Waals surface area contributed by atoms with Gasteiger partial charge in [0.2, 0.25) is 15.9 Å². The van der Waals surface area contributed by atoms with Crippen LogP contribution in [0.4, 0.5) is 0 Å². The van der Waals surface area contributed by atoms with Crippen molar-refractivity contribution in [3.8, 4) is 0 Å². The van der Waals surface area contributed by atoms with E-state index in [1.807, 2.05) is 0 Å². The van der Waals surface area contributed by atoms with E-state index in [2.05, 4.69) is 5.43 Å². The van der Waals surface area contributed by atoms with Crippen LogP contribution in [-0.4, -0.2) is 37.5 Å². The molecule has 88 valence electrons. The van der Waals surface area contributed by atoms with E-state index >= 15 is 0 Å². The van der Waals surface area contributed by atoms with Crippen molar-refractivity contribution < 1.29 is 13.2 Å². The van der Waals surface area contributed by atoms with Gasteiger partial charge in [-0.1, -0.05) is 0 Å². The molecular formula is C8H17N3O3S. The van der Waals surface area contributed by atoms with Crippen LogP contribution in [0.5, 0.6) is 0 Å². The maximum Gasteiger partial charge on any atom is 0.237 e. The number of amides is 1. The third kappa shape index (κ3) is 2.90. The number of nitrogens with zero attached hydrogens (tertiary/aromatic N) is 1. The second kappa shape index (κ2) is 4.91. The van der Waals surface area contributed by atoms with Crippen LogP contribution in [0.25, 0.3) is 0 Å². The standard InChI is InChI=1S/C8H17N3O3S/c1-2-15(13,14)11-5-3-7(4-6-11)8(12)10-9/h7H,2-6,9H2,1H3,(H,10,12). The molecule has 0 bridgehead atoms. The van der Waals surface area contributed by atoms with E-state index in [1.165, 1.54) is 4.31 Å². The monoisotopic (exact) mass is 235 g/mol. The average molecular weight is 235 g/mol. The Balaban J connectivity index is 2.53.